The Hall–Kier alpha value is -1.05. The summed E-state index contributed by atoms with van der Waals surface area (Å²) in [6.45, 7) is -0.819. The fraction of sp³-hybridized carbons (Fsp3) is 0.444. The van der Waals surface area contributed by atoms with Crippen molar-refractivity contribution in [2.24, 2.45) is 0 Å². The third-order valence-electron chi connectivity index (χ3n) is 1.72. The van der Waals surface area contributed by atoms with Gasteiger partial charge < -0.3 is 10.1 Å². The minimum absolute atomic E-state index is 0.0101. The Kier molecular flexibility index (Phi) is 6.17. The van der Waals surface area contributed by atoms with Crippen LogP contribution in [-0.2, 0) is 9.53 Å². The van der Waals surface area contributed by atoms with Crippen LogP contribution in [0.4, 0.5) is 14.6 Å². The first-order valence-corrected chi connectivity index (χ1v) is 5.58. The lowest BCUT2D eigenvalue weighted by atomic mass is 10.4. The van der Waals surface area contributed by atoms with E-state index < -0.39 is 18.9 Å². The minimum atomic E-state index is -2.55. The number of carbonyl (C=O) groups is 1. The van der Waals surface area contributed by atoms with E-state index >= 15 is 0 Å². The quantitative estimate of drug-likeness (QED) is 0.647. The van der Waals surface area contributed by atoms with Gasteiger partial charge in [0.05, 0.1) is 13.0 Å². The summed E-state index contributed by atoms with van der Waals surface area (Å²) in [6, 6.07) is 0. The number of anilines is 1. The van der Waals surface area contributed by atoms with Gasteiger partial charge in [-0.15, -0.1) is 0 Å². The number of ether oxygens (including phenoxy) is 1. The first kappa shape index (κ1) is 15.0. The molecule has 0 fully saturated rings. The summed E-state index contributed by atoms with van der Waals surface area (Å²) in [6.07, 6.45) is -1.51. The van der Waals surface area contributed by atoms with Crippen molar-refractivity contribution in [3.05, 3.63) is 16.5 Å². The largest absolute Gasteiger partial charge is 0.375 e. The predicted molar refractivity (Wildman–Crippen MR) is 62.1 cm³/mol. The first-order valence-electron chi connectivity index (χ1n) is 4.82. The van der Waals surface area contributed by atoms with Crippen LogP contribution in [0.1, 0.15) is 6.42 Å². The molecule has 0 aromatic carbocycles. The number of nitrogens with one attached hydrogen (secondary N) is 1. The standard InChI is InChI=1S/C9H9Cl2F2N3O2/c10-7-8(11)14-4-15-9(7)16-6(17)1-2-18-3-5(12)13/h4-5H,1-3H2,(H,14,15,16,17). The number of carbonyl (C=O) groups excluding carboxylic acids is 1. The molecule has 0 radical (unpaired) electrons. The summed E-state index contributed by atoms with van der Waals surface area (Å²) in [7, 11) is 0. The maximum Gasteiger partial charge on any atom is 0.261 e. The highest BCUT2D eigenvalue weighted by Crippen LogP contribution is 2.25. The molecule has 1 N–H and O–H groups in total. The molecule has 5 nitrogen and oxygen atoms in total. The molecule has 1 aromatic heterocycles. The Morgan fingerprint density at radius 3 is 2.83 bits per heavy atom. The topological polar surface area (TPSA) is 64.1 Å². The molecule has 0 aliphatic rings. The van der Waals surface area contributed by atoms with Gasteiger partial charge in [-0.25, -0.2) is 18.7 Å². The SMILES string of the molecule is O=C(CCOCC(F)F)Nc1ncnc(Cl)c1Cl. The average Bonchev–Trinajstić information content (AvgIpc) is 2.30. The van der Waals surface area contributed by atoms with Crippen molar-refractivity contribution < 1.29 is 18.3 Å². The lowest BCUT2D eigenvalue weighted by Crippen LogP contribution is -2.16. The zero-order valence-electron chi connectivity index (χ0n) is 9.00. The molecule has 0 unspecified atom stereocenters. The summed E-state index contributed by atoms with van der Waals surface area (Å²) in [5.74, 6) is -0.406. The Labute approximate surface area is 111 Å². The zero-order valence-corrected chi connectivity index (χ0v) is 10.5. The van der Waals surface area contributed by atoms with Crippen molar-refractivity contribution in [2.75, 3.05) is 18.5 Å². The van der Waals surface area contributed by atoms with Crippen LogP contribution in [0.2, 0.25) is 10.2 Å². The van der Waals surface area contributed by atoms with Crippen LogP contribution in [-0.4, -0.2) is 35.5 Å². The van der Waals surface area contributed by atoms with E-state index in [4.69, 9.17) is 23.2 Å². The second-order valence-electron chi connectivity index (χ2n) is 3.09. The maximum absolute atomic E-state index is 11.7. The van der Waals surface area contributed by atoms with Gasteiger partial charge in [0.25, 0.3) is 6.43 Å². The third kappa shape index (κ3) is 5.07. The predicted octanol–water partition coefficient (Wildman–Crippen LogP) is 2.39. The second-order valence-corrected chi connectivity index (χ2v) is 3.83. The van der Waals surface area contributed by atoms with Crippen LogP contribution in [0, 0.1) is 0 Å². The van der Waals surface area contributed by atoms with Gasteiger partial charge in [-0.05, 0) is 0 Å². The molecule has 1 amide bonds. The Morgan fingerprint density at radius 2 is 2.17 bits per heavy atom. The highest BCUT2D eigenvalue weighted by molar-refractivity contribution is 6.42. The molecule has 1 rings (SSSR count). The first-order chi connectivity index (χ1) is 8.50. The van der Waals surface area contributed by atoms with Crippen molar-refractivity contribution in [3.8, 4) is 0 Å². The van der Waals surface area contributed by atoms with E-state index in [0.717, 1.165) is 6.33 Å². The van der Waals surface area contributed by atoms with Crippen LogP contribution in [0.3, 0.4) is 0 Å². The van der Waals surface area contributed by atoms with E-state index in [1.807, 2.05) is 0 Å². The normalized spacial score (nSPS) is 10.7. The molecule has 0 atom stereocenters. The second kappa shape index (κ2) is 7.40. The average molecular weight is 300 g/mol. The van der Waals surface area contributed by atoms with Crippen molar-refractivity contribution in [1.82, 2.24) is 9.97 Å². The monoisotopic (exact) mass is 299 g/mol. The molecule has 0 saturated heterocycles. The van der Waals surface area contributed by atoms with Gasteiger partial charge in [-0.1, -0.05) is 23.2 Å². The fourth-order valence-electron chi connectivity index (χ4n) is 0.967. The summed E-state index contributed by atoms with van der Waals surface area (Å²) >= 11 is 11.4. The number of hydrogen-bond donors (Lipinski definition) is 1. The molecule has 0 bridgehead atoms. The van der Waals surface area contributed by atoms with Crippen molar-refractivity contribution in [2.45, 2.75) is 12.8 Å². The minimum Gasteiger partial charge on any atom is -0.375 e. The molecule has 0 saturated carbocycles. The number of amides is 1. The summed E-state index contributed by atoms with van der Waals surface area (Å²) < 4.78 is 28.0. The molecule has 9 heteroatoms. The molecule has 1 heterocycles. The van der Waals surface area contributed by atoms with E-state index in [2.05, 4.69) is 20.0 Å². The van der Waals surface area contributed by atoms with E-state index in [1.54, 1.807) is 0 Å². The lowest BCUT2D eigenvalue weighted by molar-refractivity contribution is -0.117. The fourth-order valence-corrected chi connectivity index (χ4v) is 1.25. The van der Waals surface area contributed by atoms with Crippen molar-refractivity contribution in [1.29, 1.82) is 0 Å². The van der Waals surface area contributed by atoms with E-state index in [-0.39, 0.29) is 29.0 Å². The van der Waals surface area contributed by atoms with Crippen LogP contribution >= 0.6 is 23.2 Å². The van der Waals surface area contributed by atoms with Gasteiger partial charge in [0.1, 0.15) is 18.0 Å². The number of rotatable bonds is 6. The maximum atomic E-state index is 11.7. The van der Waals surface area contributed by atoms with Crippen LogP contribution in [0.15, 0.2) is 6.33 Å². The van der Waals surface area contributed by atoms with Gasteiger partial charge in [-0.2, -0.15) is 0 Å². The number of nitrogens with zero attached hydrogens (tertiary/aromatic N) is 2. The van der Waals surface area contributed by atoms with E-state index in [9.17, 15) is 13.6 Å². The zero-order chi connectivity index (χ0) is 13.5. The number of hydrogen-bond acceptors (Lipinski definition) is 4. The van der Waals surface area contributed by atoms with Gasteiger partial charge >= 0.3 is 0 Å². The molecule has 0 aliphatic carbocycles. The van der Waals surface area contributed by atoms with Crippen molar-refractivity contribution >= 4 is 34.9 Å². The van der Waals surface area contributed by atoms with Gasteiger partial charge in [0.15, 0.2) is 11.0 Å². The van der Waals surface area contributed by atoms with Crippen LogP contribution in [0.25, 0.3) is 0 Å². The van der Waals surface area contributed by atoms with Gasteiger partial charge in [0, 0.05) is 0 Å². The van der Waals surface area contributed by atoms with E-state index in [0.29, 0.717) is 0 Å². The Morgan fingerprint density at radius 1 is 1.44 bits per heavy atom. The van der Waals surface area contributed by atoms with Crippen LogP contribution < -0.4 is 5.32 Å². The molecule has 100 valence electrons. The summed E-state index contributed by atoms with van der Waals surface area (Å²) in [4.78, 5) is 18.7. The molecule has 0 spiro atoms. The van der Waals surface area contributed by atoms with E-state index in [1.165, 1.54) is 0 Å². The summed E-state index contributed by atoms with van der Waals surface area (Å²) in [5, 5.41) is 2.39. The van der Waals surface area contributed by atoms with Crippen molar-refractivity contribution in [3.63, 3.8) is 0 Å². The third-order valence-corrected chi connectivity index (χ3v) is 2.46. The molecule has 18 heavy (non-hydrogen) atoms. The molecule has 0 aliphatic heterocycles. The number of alkyl halides is 2. The molecular weight excluding hydrogens is 291 g/mol. The smallest absolute Gasteiger partial charge is 0.261 e. The highest BCUT2D eigenvalue weighted by atomic mass is 35.5. The van der Waals surface area contributed by atoms with Crippen LogP contribution in [0.5, 0.6) is 0 Å². The Balaban J connectivity index is 2.38. The molecule has 1 aromatic rings. The number of aromatic nitrogens is 2. The number of halogens is 4. The lowest BCUT2D eigenvalue weighted by Gasteiger charge is -2.06. The molecular formula is C9H9Cl2F2N3O2. The van der Waals surface area contributed by atoms with Gasteiger partial charge in [-0.3, -0.25) is 4.79 Å². The summed E-state index contributed by atoms with van der Waals surface area (Å²) in [5.41, 5.74) is 0. The van der Waals surface area contributed by atoms with Gasteiger partial charge in [0.2, 0.25) is 5.91 Å². The Bertz CT molecular complexity index is 421. The highest BCUT2D eigenvalue weighted by Gasteiger charge is 2.11.